The smallest absolute Gasteiger partial charge is 0.341 e. The predicted molar refractivity (Wildman–Crippen MR) is 91.7 cm³/mol. The summed E-state index contributed by atoms with van der Waals surface area (Å²) < 4.78 is 0. The van der Waals surface area contributed by atoms with Crippen molar-refractivity contribution in [3.05, 3.63) is 53.8 Å². The van der Waals surface area contributed by atoms with Crippen molar-refractivity contribution in [2.24, 2.45) is 0 Å². The molecule has 124 valence electrons. The van der Waals surface area contributed by atoms with Gasteiger partial charge < -0.3 is 10.4 Å². The van der Waals surface area contributed by atoms with E-state index in [1.54, 1.807) is 24.5 Å². The van der Waals surface area contributed by atoms with E-state index < -0.39 is 5.97 Å². The summed E-state index contributed by atoms with van der Waals surface area (Å²) in [5, 5.41) is 20.8. The van der Waals surface area contributed by atoms with Crippen LogP contribution in [0.3, 0.4) is 0 Å². The lowest BCUT2D eigenvalue weighted by Gasteiger charge is -2.11. The molecule has 2 aromatic heterocycles. The standard InChI is InChI=1S/C15H11N7O2S/c1-16-11-4-3-9(7-12(11)22-18-5-6-19-22)20-13-10(14(23)24)8-17-15(21-13)25-2/h3-8H,2H3,(H,23,24)(H,17,20,21). The van der Waals surface area contributed by atoms with Crippen LogP contribution in [0, 0.1) is 6.57 Å². The van der Waals surface area contributed by atoms with Crippen LogP contribution in [-0.2, 0) is 0 Å². The molecule has 0 radical (unpaired) electrons. The van der Waals surface area contributed by atoms with Gasteiger partial charge in [-0.2, -0.15) is 15.0 Å². The van der Waals surface area contributed by atoms with E-state index in [-0.39, 0.29) is 11.4 Å². The van der Waals surface area contributed by atoms with Gasteiger partial charge in [-0.25, -0.2) is 19.6 Å². The molecule has 0 atom stereocenters. The van der Waals surface area contributed by atoms with Crippen molar-refractivity contribution in [3.8, 4) is 5.69 Å². The zero-order chi connectivity index (χ0) is 17.8. The number of carboxylic acid groups (broad SMARTS) is 1. The first-order chi connectivity index (χ1) is 12.1. The molecule has 2 heterocycles. The second kappa shape index (κ2) is 6.98. The number of aromatic carboxylic acids is 1. The zero-order valence-electron chi connectivity index (χ0n) is 12.9. The van der Waals surface area contributed by atoms with Crippen molar-refractivity contribution >= 4 is 34.9 Å². The Balaban J connectivity index is 2.03. The molecule has 9 nitrogen and oxygen atoms in total. The Labute approximate surface area is 146 Å². The largest absolute Gasteiger partial charge is 0.477 e. The molecule has 0 spiro atoms. The fourth-order valence-corrected chi connectivity index (χ4v) is 2.39. The number of rotatable bonds is 5. The molecule has 0 amide bonds. The number of nitrogens with one attached hydrogen (secondary N) is 1. The van der Waals surface area contributed by atoms with Crippen molar-refractivity contribution in [1.29, 1.82) is 0 Å². The SMILES string of the molecule is [C-]#[N+]c1ccc(Nc2nc(SC)ncc2C(=O)O)cc1-n1nccn1. The number of carboxylic acids is 1. The van der Waals surface area contributed by atoms with Crippen LogP contribution in [0.15, 0.2) is 41.9 Å². The highest BCUT2D eigenvalue weighted by Gasteiger charge is 2.15. The number of nitrogens with zero attached hydrogens (tertiary/aromatic N) is 6. The molecule has 25 heavy (non-hydrogen) atoms. The molecular formula is C15H11N7O2S. The van der Waals surface area contributed by atoms with Gasteiger partial charge in [-0.05, 0) is 18.4 Å². The topological polar surface area (TPSA) is 110 Å². The maximum absolute atomic E-state index is 11.4. The molecule has 3 rings (SSSR count). The van der Waals surface area contributed by atoms with Gasteiger partial charge >= 0.3 is 5.97 Å². The normalized spacial score (nSPS) is 10.2. The molecule has 0 fully saturated rings. The lowest BCUT2D eigenvalue weighted by molar-refractivity contribution is 0.0697. The maximum Gasteiger partial charge on any atom is 0.341 e. The number of hydrogen-bond donors (Lipinski definition) is 2. The third-order valence-electron chi connectivity index (χ3n) is 3.17. The maximum atomic E-state index is 11.4. The second-order valence-corrected chi connectivity index (χ2v) is 5.46. The first-order valence-corrected chi connectivity index (χ1v) is 8.14. The number of thioether (sulfide) groups is 1. The van der Waals surface area contributed by atoms with Crippen molar-refractivity contribution in [2.75, 3.05) is 11.6 Å². The van der Waals surface area contributed by atoms with Crippen LogP contribution in [0.1, 0.15) is 10.4 Å². The molecule has 0 bridgehead atoms. The minimum Gasteiger partial charge on any atom is -0.477 e. The number of aromatic nitrogens is 5. The Hall–Kier alpha value is -3.45. The summed E-state index contributed by atoms with van der Waals surface area (Å²) in [5.41, 5.74) is 1.34. The van der Waals surface area contributed by atoms with Crippen LogP contribution < -0.4 is 5.32 Å². The summed E-state index contributed by atoms with van der Waals surface area (Å²) >= 11 is 1.30. The van der Waals surface area contributed by atoms with E-state index in [0.717, 1.165) is 0 Å². The predicted octanol–water partition coefficient (Wildman–Crippen LogP) is 2.77. The van der Waals surface area contributed by atoms with E-state index in [0.29, 0.717) is 22.2 Å². The Morgan fingerprint density at radius 3 is 2.76 bits per heavy atom. The van der Waals surface area contributed by atoms with E-state index in [4.69, 9.17) is 6.57 Å². The molecule has 0 aliphatic heterocycles. The van der Waals surface area contributed by atoms with Crippen LogP contribution in [-0.4, -0.2) is 42.3 Å². The molecule has 0 saturated carbocycles. The van der Waals surface area contributed by atoms with E-state index in [1.807, 2.05) is 0 Å². The Bertz CT molecular complexity index is 967. The van der Waals surface area contributed by atoms with Gasteiger partial charge in [0, 0.05) is 11.9 Å². The number of hydrogen-bond acceptors (Lipinski definition) is 7. The third kappa shape index (κ3) is 3.41. The molecule has 1 aromatic carbocycles. The quantitative estimate of drug-likeness (QED) is 0.409. The first kappa shape index (κ1) is 16.4. The number of carbonyl (C=O) groups is 1. The first-order valence-electron chi connectivity index (χ1n) is 6.92. The van der Waals surface area contributed by atoms with Crippen LogP contribution in [0.5, 0.6) is 0 Å². The minimum atomic E-state index is -1.14. The lowest BCUT2D eigenvalue weighted by atomic mass is 10.2. The van der Waals surface area contributed by atoms with Crippen molar-refractivity contribution < 1.29 is 9.90 Å². The number of benzene rings is 1. The highest BCUT2D eigenvalue weighted by atomic mass is 32.2. The minimum absolute atomic E-state index is 0.0502. The van der Waals surface area contributed by atoms with Gasteiger partial charge in [0.25, 0.3) is 0 Å². The number of anilines is 2. The van der Waals surface area contributed by atoms with Crippen LogP contribution in [0.4, 0.5) is 17.2 Å². The summed E-state index contributed by atoms with van der Waals surface area (Å²) in [6, 6.07) is 4.91. The Morgan fingerprint density at radius 1 is 1.36 bits per heavy atom. The fourth-order valence-electron chi connectivity index (χ4n) is 2.05. The van der Waals surface area contributed by atoms with E-state index in [1.165, 1.54) is 35.1 Å². The van der Waals surface area contributed by atoms with Gasteiger partial charge in [0.1, 0.15) is 11.4 Å². The highest BCUT2D eigenvalue weighted by Crippen LogP contribution is 2.28. The Kier molecular flexibility index (Phi) is 4.58. The molecule has 0 aliphatic rings. The average molecular weight is 353 g/mol. The Morgan fingerprint density at radius 2 is 2.12 bits per heavy atom. The van der Waals surface area contributed by atoms with Gasteiger partial charge in [-0.1, -0.05) is 17.8 Å². The monoisotopic (exact) mass is 353 g/mol. The van der Waals surface area contributed by atoms with E-state index in [2.05, 4.69) is 30.3 Å². The van der Waals surface area contributed by atoms with Crippen molar-refractivity contribution in [1.82, 2.24) is 25.0 Å². The van der Waals surface area contributed by atoms with Gasteiger partial charge in [-0.15, -0.1) is 0 Å². The second-order valence-electron chi connectivity index (χ2n) is 4.68. The van der Waals surface area contributed by atoms with Gasteiger partial charge in [0.15, 0.2) is 5.16 Å². The van der Waals surface area contributed by atoms with Crippen molar-refractivity contribution in [2.45, 2.75) is 5.16 Å². The molecule has 10 heteroatoms. The van der Waals surface area contributed by atoms with Crippen molar-refractivity contribution in [3.63, 3.8) is 0 Å². The summed E-state index contributed by atoms with van der Waals surface area (Å²) in [6.07, 6.45) is 6.07. The molecule has 3 aromatic rings. The van der Waals surface area contributed by atoms with E-state index in [9.17, 15) is 9.90 Å². The van der Waals surface area contributed by atoms with Gasteiger partial charge in [-0.3, -0.25) is 0 Å². The van der Waals surface area contributed by atoms with Gasteiger partial charge in [0.2, 0.25) is 5.69 Å². The highest BCUT2D eigenvalue weighted by molar-refractivity contribution is 7.98. The molecule has 2 N–H and O–H groups in total. The molecule has 0 aliphatic carbocycles. The van der Waals surface area contributed by atoms with Gasteiger partial charge in [0.05, 0.1) is 24.7 Å². The summed E-state index contributed by atoms with van der Waals surface area (Å²) in [5.74, 6) is -0.969. The molecular weight excluding hydrogens is 342 g/mol. The summed E-state index contributed by atoms with van der Waals surface area (Å²) in [7, 11) is 0. The van der Waals surface area contributed by atoms with Crippen LogP contribution in [0.25, 0.3) is 10.5 Å². The lowest BCUT2D eigenvalue weighted by Crippen LogP contribution is -2.07. The van der Waals surface area contributed by atoms with Crippen LogP contribution in [0.2, 0.25) is 0 Å². The molecule has 0 unspecified atom stereocenters. The summed E-state index contributed by atoms with van der Waals surface area (Å²) in [6.45, 7) is 7.26. The molecule has 0 saturated heterocycles. The van der Waals surface area contributed by atoms with Crippen LogP contribution >= 0.6 is 11.8 Å². The van der Waals surface area contributed by atoms with E-state index >= 15 is 0 Å². The average Bonchev–Trinajstić information content (AvgIpc) is 3.16. The third-order valence-corrected chi connectivity index (χ3v) is 3.73. The summed E-state index contributed by atoms with van der Waals surface area (Å²) in [4.78, 5) is 24.3. The fraction of sp³-hybridized carbons (Fsp3) is 0.0667. The zero-order valence-corrected chi connectivity index (χ0v) is 13.7.